The second-order valence-electron chi connectivity index (χ2n) is 6.25. The lowest BCUT2D eigenvalue weighted by Crippen LogP contribution is -2.40. The van der Waals surface area contributed by atoms with Gasteiger partial charge in [0.1, 0.15) is 11.5 Å². The van der Waals surface area contributed by atoms with Crippen molar-refractivity contribution in [3.05, 3.63) is 24.3 Å². The molecule has 2 aliphatic rings. The predicted octanol–water partition coefficient (Wildman–Crippen LogP) is 3.59. The average Bonchev–Trinajstić information content (AvgIpc) is 2.66. The van der Waals surface area contributed by atoms with Gasteiger partial charge in [-0.15, -0.1) is 0 Å². The Morgan fingerprint density at radius 3 is 1.40 bits per heavy atom. The van der Waals surface area contributed by atoms with Gasteiger partial charge in [-0.05, 0) is 50.4 Å². The lowest BCUT2D eigenvalue weighted by atomic mass is 10.3. The minimum absolute atomic E-state index is 0.0427. The van der Waals surface area contributed by atoms with Crippen LogP contribution in [-0.4, -0.2) is 61.6 Å². The van der Waals surface area contributed by atoms with Crippen LogP contribution in [0.15, 0.2) is 24.3 Å². The van der Waals surface area contributed by atoms with Crippen LogP contribution in [0.1, 0.15) is 40.5 Å². The van der Waals surface area contributed by atoms with Crippen LogP contribution in [0.2, 0.25) is 0 Å². The van der Waals surface area contributed by atoms with Gasteiger partial charge in [-0.3, -0.25) is 9.80 Å². The van der Waals surface area contributed by atoms with E-state index in [0.717, 1.165) is 50.5 Å². The summed E-state index contributed by atoms with van der Waals surface area (Å²) < 4.78 is 18.3. The normalized spacial score (nSPS) is 22.0. The molecule has 0 fully saturated rings. The molecule has 0 amide bonds. The molecule has 2 atom stereocenters. The first kappa shape index (κ1) is 20.0. The van der Waals surface area contributed by atoms with E-state index in [2.05, 4.69) is 37.5 Å². The molecule has 0 aromatic heterocycles. The molecule has 2 bridgehead atoms. The van der Waals surface area contributed by atoms with Crippen LogP contribution in [0.3, 0.4) is 0 Å². The van der Waals surface area contributed by atoms with E-state index in [9.17, 15) is 0 Å². The van der Waals surface area contributed by atoms with Gasteiger partial charge in [-0.2, -0.15) is 0 Å². The molecule has 0 saturated heterocycles. The molecule has 0 aliphatic carbocycles. The Bertz CT molecular complexity index is 429. The largest absolute Gasteiger partial charge is 0.475 e. The zero-order valence-corrected chi connectivity index (χ0v) is 16.2. The van der Waals surface area contributed by atoms with Crippen molar-refractivity contribution in [2.75, 3.05) is 39.4 Å². The van der Waals surface area contributed by atoms with Gasteiger partial charge < -0.3 is 14.2 Å². The summed E-state index contributed by atoms with van der Waals surface area (Å²) in [5.74, 6) is 1.76. The highest BCUT2D eigenvalue weighted by molar-refractivity contribution is 5.31. The molecular weight excluding hydrogens is 316 g/mol. The molecule has 5 heteroatoms. The molecule has 0 spiro atoms. The van der Waals surface area contributed by atoms with E-state index in [1.807, 2.05) is 24.3 Å². The van der Waals surface area contributed by atoms with E-state index in [0.29, 0.717) is 13.2 Å². The Kier molecular flexibility index (Phi) is 8.52. The third-order valence-corrected chi connectivity index (χ3v) is 4.83. The van der Waals surface area contributed by atoms with Crippen LogP contribution in [0.4, 0.5) is 0 Å². The van der Waals surface area contributed by atoms with E-state index in [1.54, 1.807) is 0 Å². The summed E-state index contributed by atoms with van der Waals surface area (Å²) in [5.41, 5.74) is 0. The highest BCUT2D eigenvalue weighted by Crippen LogP contribution is 2.23. The lowest BCUT2D eigenvalue weighted by molar-refractivity contribution is -0.0171. The third kappa shape index (κ3) is 5.87. The summed E-state index contributed by atoms with van der Waals surface area (Å²) in [4.78, 5) is 4.65. The minimum Gasteiger partial charge on any atom is -0.475 e. The third-order valence-electron chi connectivity index (χ3n) is 4.83. The van der Waals surface area contributed by atoms with Crippen LogP contribution in [-0.2, 0) is 4.74 Å². The van der Waals surface area contributed by atoms with Crippen LogP contribution in [0.5, 0.6) is 11.5 Å². The van der Waals surface area contributed by atoms with Crippen molar-refractivity contribution < 1.29 is 14.2 Å². The van der Waals surface area contributed by atoms with Crippen molar-refractivity contribution in [1.82, 2.24) is 9.80 Å². The van der Waals surface area contributed by atoms with Crippen LogP contribution in [0, 0.1) is 0 Å². The maximum atomic E-state index is 6.22. The molecule has 2 unspecified atom stereocenters. The highest BCUT2D eigenvalue weighted by atomic mass is 16.5. The number of nitrogens with zero attached hydrogens (tertiary/aromatic N) is 2. The van der Waals surface area contributed by atoms with E-state index in [-0.39, 0.29) is 12.5 Å². The summed E-state index contributed by atoms with van der Waals surface area (Å²) >= 11 is 0. The van der Waals surface area contributed by atoms with Gasteiger partial charge in [-0.1, -0.05) is 27.7 Å². The van der Waals surface area contributed by atoms with Gasteiger partial charge >= 0.3 is 0 Å². The first-order valence-electron chi connectivity index (χ1n) is 9.70. The van der Waals surface area contributed by atoms with Crippen molar-refractivity contribution in [1.29, 1.82) is 0 Å². The Hall–Kier alpha value is -1.30. The number of rotatable bonds is 6. The number of ether oxygens (including phenoxy) is 3. The van der Waals surface area contributed by atoms with Crippen LogP contribution < -0.4 is 9.47 Å². The van der Waals surface area contributed by atoms with Crippen molar-refractivity contribution in [2.24, 2.45) is 0 Å². The zero-order valence-electron chi connectivity index (χ0n) is 16.2. The highest BCUT2D eigenvalue weighted by Gasteiger charge is 2.20. The van der Waals surface area contributed by atoms with E-state index >= 15 is 0 Å². The second kappa shape index (κ2) is 10.6. The fourth-order valence-corrected chi connectivity index (χ4v) is 3.28. The fraction of sp³-hybridized carbons (Fsp3) is 0.700. The summed E-state index contributed by atoms with van der Waals surface area (Å²) in [7, 11) is 0. The SMILES string of the molecule is CCN(CC)C1CCOCCC(N(CC)CC)Oc2ccc(cc2)O1. The molecule has 0 radical (unpaired) electrons. The number of benzene rings is 1. The molecule has 1 aromatic carbocycles. The van der Waals surface area contributed by atoms with Crippen molar-refractivity contribution in [3.63, 3.8) is 0 Å². The second-order valence-corrected chi connectivity index (χ2v) is 6.25. The molecule has 2 aliphatic heterocycles. The number of fused-ring (bicyclic) bond motifs is 10. The average molecular weight is 351 g/mol. The van der Waals surface area contributed by atoms with Crippen LogP contribution >= 0.6 is 0 Å². The predicted molar refractivity (Wildman–Crippen MR) is 101 cm³/mol. The lowest BCUT2D eigenvalue weighted by Gasteiger charge is -2.30. The van der Waals surface area contributed by atoms with Crippen molar-refractivity contribution >= 4 is 0 Å². The van der Waals surface area contributed by atoms with E-state index < -0.39 is 0 Å². The molecular formula is C20H34N2O3. The molecule has 25 heavy (non-hydrogen) atoms. The summed E-state index contributed by atoms with van der Waals surface area (Å²) in [6.07, 6.45) is 1.81. The van der Waals surface area contributed by atoms with Crippen molar-refractivity contribution in [3.8, 4) is 11.5 Å². The first-order chi connectivity index (χ1) is 12.2. The first-order valence-corrected chi connectivity index (χ1v) is 9.70. The summed E-state index contributed by atoms with van der Waals surface area (Å²) in [6, 6.07) is 8.02. The molecule has 0 saturated carbocycles. The molecule has 1 aromatic rings. The van der Waals surface area contributed by atoms with Gasteiger partial charge in [0, 0.05) is 12.8 Å². The van der Waals surface area contributed by atoms with E-state index in [1.165, 1.54) is 0 Å². The molecule has 0 N–H and O–H groups in total. The Balaban J connectivity index is 2.14. The number of hydrogen-bond acceptors (Lipinski definition) is 5. The molecule has 3 rings (SSSR count). The monoisotopic (exact) mass is 350 g/mol. The van der Waals surface area contributed by atoms with Crippen LogP contribution in [0.25, 0.3) is 0 Å². The Morgan fingerprint density at radius 1 is 0.720 bits per heavy atom. The van der Waals surface area contributed by atoms with Gasteiger partial charge in [-0.25, -0.2) is 0 Å². The molecule has 5 nitrogen and oxygen atoms in total. The maximum Gasteiger partial charge on any atom is 0.154 e. The fourth-order valence-electron chi connectivity index (χ4n) is 3.28. The quantitative estimate of drug-likeness (QED) is 0.783. The van der Waals surface area contributed by atoms with Gasteiger partial charge in [0.15, 0.2) is 12.5 Å². The summed E-state index contributed by atoms with van der Waals surface area (Å²) in [5, 5.41) is 0. The van der Waals surface area contributed by atoms with Gasteiger partial charge in [0.05, 0.1) is 13.2 Å². The Morgan fingerprint density at radius 2 is 1.08 bits per heavy atom. The molecule has 142 valence electrons. The minimum atomic E-state index is 0.0427. The zero-order chi connectivity index (χ0) is 18.1. The maximum absolute atomic E-state index is 6.22. The topological polar surface area (TPSA) is 34.2 Å². The smallest absolute Gasteiger partial charge is 0.154 e. The number of hydrogen-bond donors (Lipinski definition) is 0. The van der Waals surface area contributed by atoms with E-state index in [4.69, 9.17) is 14.2 Å². The Labute approximate surface area is 152 Å². The van der Waals surface area contributed by atoms with Crippen molar-refractivity contribution in [2.45, 2.75) is 53.0 Å². The molecule has 2 heterocycles. The summed E-state index contributed by atoms with van der Waals surface area (Å²) in [6.45, 7) is 13.9. The van der Waals surface area contributed by atoms with Gasteiger partial charge in [0.25, 0.3) is 0 Å². The standard InChI is InChI=1S/C20H34N2O3/c1-5-21(6-2)19-13-15-23-16-14-20(22(7-3)8-4)25-18-11-9-17(24-19)10-12-18/h9-12,19-20H,5-8,13-16H2,1-4H3. The van der Waals surface area contributed by atoms with Gasteiger partial charge in [0.2, 0.25) is 0 Å².